The monoisotopic (exact) mass is 353 g/mol. The quantitative estimate of drug-likeness (QED) is 0.542. The fraction of sp³-hybridized carbons (Fsp3) is 0.0870. The van der Waals surface area contributed by atoms with Crippen LogP contribution in [-0.4, -0.2) is 14.5 Å². The van der Waals surface area contributed by atoms with E-state index in [0.717, 1.165) is 22.4 Å². The Kier molecular flexibility index (Phi) is 4.38. The molecule has 2 aromatic carbocycles. The first kappa shape index (κ1) is 16.9. The largest absolute Gasteiger partial charge is 0.268 e. The zero-order valence-corrected chi connectivity index (χ0v) is 15.3. The van der Waals surface area contributed by atoms with Crippen molar-refractivity contribution in [1.82, 2.24) is 14.5 Å². The molecule has 4 heteroatoms. The van der Waals surface area contributed by atoms with E-state index >= 15 is 0 Å². The standard InChI is InChI=1S/C23H19N3O/c1-16-9-11-21(17(2)14-16)26-22(12-10-18-6-5-13-24-15-18)25-20-8-4-3-7-19(20)23(26)27/h3-15H,1-2H3. The third-order valence-electron chi connectivity index (χ3n) is 4.50. The van der Waals surface area contributed by atoms with Crippen molar-refractivity contribution in [2.24, 2.45) is 0 Å². The van der Waals surface area contributed by atoms with Crippen molar-refractivity contribution in [1.29, 1.82) is 0 Å². The molecule has 0 aliphatic rings. The van der Waals surface area contributed by atoms with Crippen LogP contribution < -0.4 is 5.56 Å². The second-order valence-corrected chi connectivity index (χ2v) is 6.54. The van der Waals surface area contributed by atoms with Crippen molar-refractivity contribution >= 4 is 23.1 Å². The maximum atomic E-state index is 13.3. The number of para-hydroxylation sites is 1. The summed E-state index contributed by atoms with van der Waals surface area (Å²) in [5, 5.41) is 0.607. The van der Waals surface area contributed by atoms with Gasteiger partial charge < -0.3 is 0 Å². The number of aryl methyl sites for hydroxylation is 2. The summed E-state index contributed by atoms with van der Waals surface area (Å²) >= 11 is 0. The van der Waals surface area contributed by atoms with E-state index in [0.29, 0.717) is 16.7 Å². The Morgan fingerprint density at radius 3 is 2.59 bits per heavy atom. The van der Waals surface area contributed by atoms with Crippen LogP contribution in [0.5, 0.6) is 0 Å². The van der Waals surface area contributed by atoms with E-state index in [9.17, 15) is 4.79 Å². The van der Waals surface area contributed by atoms with Crippen LogP contribution in [0, 0.1) is 13.8 Å². The van der Waals surface area contributed by atoms with Crippen molar-refractivity contribution in [3.63, 3.8) is 0 Å². The second kappa shape index (κ2) is 7.00. The van der Waals surface area contributed by atoms with E-state index in [1.54, 1.807) is 17.0 Å². The molecule has 0 bridgehead atoms. The van der Waals surface area contributed by atoms with Crippen molar-refractivity contribution in [3.05, 3.63) is 99.9 Å². The smallest absolute Gasteiger partial charge is 0.266 e. The van der Waals surface area contributed by atoms with Gasteiger partial charge >= 0.3 is 0 Å². The number of pyridine rings is 1. The average Bonchev–Trinajstić information content (AvgIpc) is 2.68. The first-order chi connectivity index (χ1) is 13.1. The Hall–Kier alpha value is -3.53. The van der Waals surface area contributed by atoms with Gasteiger partial charge in [-0.3, -0.25) is 14.3 Å². The van der Waals surface area contributed by atoms with E-state index in [1.165, 1.54) is 0 Å². The Morgan fingerprint density at radius 2 is 1.81 bits per heavy atom. The molecule has 4 nitrogen and oxygen atoms in total. The normalized spacial score (nSPS) is 11.3. The lowest BCUT2D eigenvalue weighted by Gasteiger charge is -2.14. The number of aromatic nitrogens is 3. The highest BCUT2D eigenvalue weighted by Gasteiger charge is 2.12. The molecule has 0 N–H and O–H groups in total. The van der Waals surface area contributed by atoms with E-state index < -0.39 is 0 Å². The zero-order chi connectivity index (χ0) is 18.8. The van der Waals surface area contributed by atoms with Gasteiger partial charge in [-0.25, -0.2) is 4.98 Å². The molecule has 0 amide bonds. The van der Waals surface area contributed by atoms with Gasteiger partial charge in [0.25, 0.3) is 5.56 Å². The van der Waals surface area contributed by atoms with E-state index in [2.05, 4.69) is 11.1 Å². The minimum absolute atomic E-state index is 0.0709. The van der Waals surface area contributed by atoms with Crippen LogP contribution in [0.1, 0.15) is 22.5 Å². The van der Waals surface area contributed by atoms with Gasteiger partial charge in [0.2, 0.25) is 0 Å². The molecule has 0 aliphatic heterocycles. The molecule has 0 atom stereocenters. The molecule has 27 heavy (non-hydrogen) atoms. The summed E-state index contributed by atoms with van der Waals surface area (Å²) < 4.78 is 1.68. The number of nitrogens with zero attached hydrogens (tertiary/aromatic N) is 3. The molecule has 0 spiro atoms. The van der Waals surface area contributed by atoms with Gasteiger partial charge in [-0.1, -0.05) is 35.9 Å². The van der Waals surface area contributed by atoms with Crippen molar-refractivity contribution in [2.75, 3.05) is 0 Å². The Labute approximate surface area is 157 Å². The molecule has 0 radical (unpaired) electrons. The third kappa shape index (κ3) is 3.29. The SMILES string of the molecule is Cc1ccc(-n2c(C=Cc3cccnc3)nc3ccccc3c2=O)c(C)c1. The van der Waals surface area contributed by atoms with Crippen LogP contribution in [0.3, 0.4) is 0 Å². The van der Waals surface area contributed by atoms with Gasteiger partial charge in [-0.2, -0.15) is 0 Å². The number of hydrogen-bond donors (Lipinski definition) is 0. The molecule has 0 saturated carbocycles. The number of benzene rings is 2. The molecule has 4 rings (SSSR count). The molecule has 0 unspecified atom stereocenters. The maximum absolute atomic E-state index is 13.3. The Balaban J connectivity index is 1.98. The van der Waals surface area contributed by atoms with E-state index in [1.807, 2.05) is 74.5 Å². The third-order valence-corrected chi connectivity index (χ3v) is 4.50. The van der Waals surface area contributed by atoms with Crippen molar-refractivity contribution in [3.8, 4) is 5.69 Å². The minimum atomic E-state index is -0.0709. The molecule has 4 aromatic rings. The first-order valence-corrected chi connectivity index (χ1v) is 8.81. The minimum Gasteiger partial charge on any atom is -0.268 e. The van der Waals surface area contributed by atoms with Crippen LogP contribution in [-0.2, 0) is 0 Å². The van der Waals surface area contributed by atoms with Gasteiger partial charge in [-0.15, -0.1) is 0 Å². The summed E-state index contributed by atoms with van der Waals surface area (Å²) in [6, 6.07) is 17.3. The summed E-state index contributed by atoms with van der Waals surface area (Å²) in [5.74, 6) is 0.592. The Bertz CT molecular complexity index is 1210. The summed E-state index contributed by atoms with van der Waals surface area (Å²) in [7, 11) is 0. The molecule has 0 saturated heterocycles. The molecule has 2 aromatic heterocycles. The second-order valence-electron chi connectivity index (χ2n) is 6.54. The number of fused-ring (bicyclic) bond motifs is 1. The van der Waals surface area contributed by atoms with Gasteiger partial charge in [0, 0.05) is 12.4 Å². The number of rotatable bonds is 3. The fourth-order valence-corrected chi connectivity index (χ4v) is 3.20. The summed E-state index contributed by atoms with van der Waals surface area (Å²) in [6.07, 6.45) is 7.29. The van der Waals surface area contributed by atoms with Crippen LogP contribution in [0.4, 0.5) is 0 Å². The summed E-state index contributed by atoms with van der Waals surface area (Å²) in [5.41, 5.74) is 4.60. The van der Waals surface area contributed by atoms with Gasteiger partial charge in [0.05, 0.1) is 16.6 Å². The molecule has 2 heterocycles. The highest BCUT2D eigenvalue weighted by molar-refractivity contribution is 5.80. The first-order valence-electron chi connectivity index (χ1n) is 8.81. The average molecular weight is 353 g/mol. The number of hydrogen-bond acceptors (Lipinski definition) is 3. The van der Waals surface area contributed by atoms with Crippen LogP contribution in [0.25, 0.3) is 28.7 Å². The van der Waals surface area contributed by atoms with Crippen LogP contribution >= 0.6 is 0 Å². The van der Waals surface area contributed by atoms with Crippen LogP contribution in [0.15, 0.2) is 71.8 Å². The Morgan fingerprint density at radius 1 is 0.963 bits per heavy atom. The fourth-order valence-electron chi connectivity index (χ4n) is 3.20. The van der Waals surface area contributed by atoms with Crippen molar-refractivity contribution in [2.45, 2.75) is 13.8 Å². The lowest BCUT2D eigenvalue weighted by Crippen LogP contribution is -2.23. The van der Waals surface area contributed by atoms with E-state index in [4.69, 9.17) is 4.98 Å². The summed E-state index contributed by atoms with van der Waals surface area (Å²) in [4.78, 5) is 22.2. The summed E-state index contributed by atoms with van der Waals surface area (Å²) in [6.45, 7) is 4.06. The topological polar surface area (TPSA) is 47.8 Å². The molecule has 132 valence electrons. The molecule has 0 aliphatic carbocycles. The van der Waals surface area contributed by atoms with Gasteiger partial charge in [0.15, 0.2) is 0 Å². The van der Waals surface area contributed by atoms with Gasteiger partial charge in [-0.05, 0) is 61.4 Å². The molecular formula is C23H19N3O. The zero-order valence-electron chi connectivity index (χ0n) is 15.3. The highest BCUT2D eigenvalue weighted by Crippen LogP contribution is 2.19. The van der Waals surface area contributed by atoms with Crippen LogP contribution in [0.2, 0.25) is 0 Å². The predicted octanol–water partition coefficient (Wildman–Crippen LogP) is 4.57. The maximum Gasteiger partial charge on any atom is 0.266 e. The molecular weight excluding hydrogens is 334 g/mol. The predicted molar refractivity (Wildman–Crippen MR) is 110 cm³/mol. The lowest BCUT2D eigenvalue weighted by atomic mass is 10.1. The van der Waals surface area contributed by atoms with Gasteiger partial charge in [0.1, 0.15) is 5.82 Å². The van der Waals surface area contributed by atoms with Crippen molar-refractivity contribution < 1.29 is 0 Å². The van der Waals surface area contributed by atoms with E-state index in [-0.39, 0.29) is 5.56 Å². The molecule has 0 fully saturated rings. The highest BCUT2D eigenvalue weighted by atomic mass is 16.1. The lowest BCUT2D eigenvalue weighted by molar-refractivity contribution is 0.933.